The topological polar surface area (TPSA) is 69.6 Å². The lowest BCUT2D eigenvalue weighted by Crippen LogP contribution is -2.45. The first kappa shape index (κ1) is 58.6. The second kappa shape index (κ2) is 52.0. The van der Waals surface area contributed by atoms with E-state index in [0.29, 0.717) is 12.8 Å². The van der Waals surface area contributed by atoms with E-state index in [1.165, 1.54) is 218 Å². The number of nitrogens with one attached hydrogen (secondary N) is 1. The lowest BCUT2D eigenvalue weighted by atomic mass is 10.0. The maximum atomic E-state index is 12.5. The summed E-state index contributed by atoms with van der Waals surface area (Å²) in [5.41, 5.74) is 0. The number of amides is 1. The molecule has 0 spiro atoms. The van der Waals surface area contributed by atoms with Crippen molar-refractivity contribution in [3.63, 3.8) is 0 Å². The number of aliphatic hydroxyl groups is 2. The zero-order chi connectivity index (χ0) is 43.5. The number of aliphatic hydroxyl groups excluding tert-OH is 2. The van der Waals surface area contributed by atoms with E-state index in [0.717, 1.165) is 51.4 Å². The van der Waals surface area contributed by atoms with Gasteiger partial charge in [-0.15, -0.1) is 0 Å². The summed E-state index contributed by atoms with van der Waals surface area (Å²) in [5, 5.41) is 23.3. The van der Waals surface area contributed by atoms with Gasteiger partial charge in [-0.2, -0.15) is 0 Å². The molecule has 0 aliphatic heterocycles. The Hall–Kier alpha value is -1.39. The van der Waals surface area contributed by atoms with E-state index in [9.17, 15) is 15.0 Å². The van der Waals surface area contributed by atoms with Crippen molar-refractivity contribution in [1.29, 1.82) is 0 Å². The van der Waals surface area contributed by atoms with Gasteiger partial charge in [-0.3, -0.25) is 4.79 Å². The molecule has 0 aliphatic carbocycles. The van der Waals surface area contributed by atoms with Crippen LogP contribution in [-0.4, -0.2) is 34.9 Å². The minimum absolute atomic E-state index is 0.0409. The Morgan fingerprint density at radius 1 is 0.400 bits per heavy atom. The van der Waals surface area contributed by atoms with Gasteiger partial charge in [0, 0.05) is 6.42 Å². The third kappa shape index (κ3) is 47.7. The Morgan fingerprint density at radius 2 is 0.683 bits per heavy atom. The Bertz CT molecular complexity index is 912. The molecule has 0 aromatic heterocycles. The van der Waals surface area contributed by atoms with Crippen LogP contribution in [0.2, 0.25) is 0 Å². The number of hydrogen-bond acceptors (Lipinski definition) is 3. The van der Waals surface area contributed by atoms with Crippen molar-refractivity contribution in [2.24, 2.45) is 0 Å². The summed E-state index contributed by atoms with van der Waals surface area (Å²) in [5.74, 6) is -0.0409. The monoisotopic (exact) mass is 842 g/mol. The molecule has 0 fully saturated rings. The maximum Gasteiger partial charge on any atom is 0.220 e. The first-order valence-corrected chi connectivity index (χ1v) is 27.2. The molecule has 60 heavy (non-hydrogen) atoms. The summed E-state index contributed by atoms with van der Waals surface area (Å²) < 4.78 is 0. The molecule has 0 aromatic rings. The summed E-state index contributed by atoms with van der Waals surface area (Å²) in [6.45, 7) is 4.35. The molecular formula is C56H107NO3. The highest BCUT2D eigenvalue weighted by molar-refractivity contribution is 5.76. The number of rotatable bonds is 50. The fourth-order valence-electron chi connectivity index (χ4n) is 8.49. The van der Waals surface area contributed by atoms with Gasteiger partial charge in [-0.1, -0.05) is 275 Å². The molecule has 2 atom stereocenters. The summed E-state index contributed by atoms with van der Waals surface area (Å²) in [7, 11) is 0. The highest BCUT2D eigenvalue weighted by Crippen LogP contribution is 2.17. The average Bonchev–Trinajstić information content (AvgIpc) is 3.25. The van der Waals surface area contributed by atoms with Gasteiger partial charge in [-0.05, 0) is 51.4 Å². The second-order valence-corrected chi connectivity index (χ2v) is 18.7. The van der Waals surface area contributed by atoms with E-state index in [-0.39, 0.29) is 12.5 Å². The van der Waals surface area contributed by atoms with Crippen molar-refractivity contribution in [2.75, 3.05) is 6.61 Å². The third-order valence-corrected chi connectivity index (χ3v) is 12.7. The van der Waals surface area contributed by atoms with Crippen LogP contribution < -0.4 is 5.32 Å². The fourth-order valence-corrected chi connectivity index (χ4v) is 8.49. The predicted molar refractivity (Wildman–Crippen MR) is 267 cm³/mol. The molecule has 0 bridgehead atoms. The van der Waals surface area contributed by atoms with Crippen molar-refractivity contribution in [3.05, 3.63) is 36.5 Å². The number of hydrogen-bond donors (Lipinski definition) is 3. The highest BCUT2D eigenvalue weighted by Gasteiger charge is 2.20. The van der Waals surface area contributed by atoms with E-state index >= 15 is 0 Å². The number of carbonyl (C=O) groups is 1. The normalized spacial score (nSPS) is 13.1. The molecule has 1 amide bonds. The maximum absolute atomic E-state index is 12.5. The smallest absolute Gasteiger partial charge is 0.220 e. The van der Waals surface area contributed by atoms with Crippen LogP contribution >= 0.6 is 0 Å². The van der Waals surface area contributed by atoms with Crippen LogP contribution in [-0.2, 0) is 4.79 Å². The van der Waals surface area contributed by atoms with Crippen molar-refractivity contribution >= 4 is 5.91 Å². The zero-order valence-electron chi connectivity index (χ0n) is 40.7. The van der Waals surface area contributed by atoms with Gasteiger partial charge in [0.1, 0.15) is 0 Å². The van der Waals surface area contributed by atoms with Crippen LogP contribution in [0.4, 0.5) is 0 Å². The minimum atomic E-state index is -0.666. The van der Waals surface area contributed by atoms with Crippen molar-refractivity contribution in [1.82, 2.24) is 5.32 Å². The molecule has 0 rings (SSSR count). The first-order chi connectivity index (χ1) is 29.7. The molecule has 0 aromatic carbocycles. The molecule has 4 nitrogen and oxygen atoms in total. The Labute approximate surface area is 376 Å². The molecule has 0 aliphatic rings. The molecule has 3 N–H and O–H groups in total. The first-order valence-electron chi connectivity index (χ1n) is 27.2. The van der Waals surface area contributed by atoms with E-state index in [1.54, 1.807) is 0 Å². The quantitative estimate of drug-likeness (QED) is 0.0422. The molecule has 2 unspecified atom stereocenters. The second-order valence-electron chi connectivity index (χ2n) is 18.7. The number of carbonyl (C=O) groups excluding carboxylic acids is 1. The van der Waals surface area contributed by atoms with E-state index < -0.39 is 12.1 Å². The molecule has 0 heterocycles. The van der Waals surface area contributed by atoms with Crippen LogP contribution in [0.15, 0.2) is 36.5 Å². The predicted octanol–water partition coefficient (Wildman–Crippen LogP) is 17.7. The molecule has 354 valence electrons. The van der Waals surface area contributed by atoms with Crippen molar-refractivity contribution in [3.8, 4) is 0 Å². The lowest BCUT2D eigenvalue weighted by Gasteiger charge is -2.22. The highest BCUT2D eigenvalue weighted by atomic mass is 16.3. The number of allylic oxidation sites excluding steroid dienone is 6. The van der Waals surface area contributed by atoms with E-state index in [1.807, 2.05) is 0 Å². The van der Waals surface area contributed by atoms with Gasteiger partial charge < -0.3 is 15.5 Å². The fraction of sp³-hybridized carbons (Fsp3) is 0.875. The van der Waals surface area contributed by atoms with E-state index in [4.69, 9.17) is 0 Å². The van der Waals surface area contributed by atoms with Crippen LogP contribution in [0.25, 0.3) is 0 Å². The van der Waals surface area contributed by atoms with Gasteiger partial charge in [0.25, 0.3) is 0 Å². The van der Waals surface area contributed by atoms with Crippen LogP contribution in [0, 0.1) is 0 Å². The summed E-state index contributed by atoms with van der Waals surface area (Å²) in [4.78, 5) is 12.5. The number of unbranched alkanes of at least 4 members (excludes halogenated alkanes) is 37. The molecular weight excluding hydrogens is 735 g/mol. The Morgan fingerprint density at radius 3 is 1.05 bits per heavy atom. The Kier molecular flexibility index (Phi) is 50.8. The summed E-state index contributed by atoms with van der Waals surface area (Å²) in [6.07, 6.45) is 69.8. The van der Waals surface area contributed by atoms with E-state index in [2.05, 4.69) is 55.6 Å². The summed E-state index contributed by atoms with van der Waals surface area (Å²) >= 11 is 0. The zero-order valence-corrected chi connectivity index (χ0v) is 40.7. The van der Waals surface area contributed by atoms with Crippen molar-refractivity contribution in [2.45, 2.75) is 309 Å². The lowest BCUT2D eigenvalue weighted by molar-refractivity contribution is -0.123. The summed E-state index contributed by atoms with van der Waals surface area (Å²) in [6, 6.07) is -0.544. The SMILES string of the molecule is CCCCC/C=C\C/C=C\C/C=C\CCCCCCCCC(=O)NC(CO)C(O)CCCCCCCCCCCCCCCCCCCCCCCCCCCCCCC. The van der Waals surface area contributed by atoms with Crippen LogP contribution in [0.5, 0.6) is 0 Å². The minimum Gasteiger partial charge on any atom is -0.394 e. The van der Waals surface area contributed by atoms with Gasteiger partial charge in [0.05, 0.1) is 18.8 Å². The van der Waals surface area contributed by atoms with Gasteiger partial charge in [-0.25, -0.2) is 0 Å². The van der Waals surface area contributed by atoms with Crippen LogP contribution in [0.3, 0.4) is 0 Å². The van der Waals surface area contributed by atoms with Gasteiger partial charge >= 0.3 is 0 Å². The molecule has 0 saturated carbocycles. The standard InChI is InChI=1S/C56H107NO3/c1-3-5-7-9-11-13-15-17-19-21-23-24-25-26-27-28-29-30-31-32-34-35-37-39-41-43-45-47-49-51-55(59)54(53-58)57-56(60)52-50-48-46-44-42-40-38-36-33-22-20-18-16-14-12-10-8-6-4-2/h12,14,18,20,33,36,54-55,58-59H,3-11,13,15-17,19,21-32,34-35,37-53H2,1-2H3,(H,57,60)/b14-12-,20-18-,36-33-. The molecule has 0 saturated heterocycles. The Balaban J connectivity index is 3.45. The van der Waals surface area contributed by atoms with Gasteiger partial charge in [0.15, 0.2) is 0 Å². The van der Waals surface area contributed by atoms with Crippen LogP contribution in [0.1, 0.15) is 296 Å². The molecule has 0 radical (unpaired) electrons. The third-order valence-electron chi connectivity index (χ3n) is 12.7. The average molecular weight is 842 g/mol. The molecule has 4 heteroatoms. The largest absolute Gasteiger partial charge is 0.394 e. The van der Waals surface area contributed by atoms with Crippen molar-refractivity contribution < 1.29 is 15.0 Å². The van der Waals surface area contributed by atoms with Gasteiger partial charge in [0.2, 0.25) is 5.91 Å².